The Morgan fingerprint density at radius 2 is 2.32 bits per heavy atom. The van der Waals surface area contributed by atoms with Gasteiger partial charge in [0.15, 0.2) is 0 Å². The van der Waals surface area contributed by atoms with Crippen LogP contribution < -0.4 is 11.0 Å². The zero-order valence-corrected chi connectivity index (χ0v) is 10.0. The molecule has 2 rings (SSSR count). The minimum atomic E-state index is -0.434. The summed E-state index contributed by atoms with van der Waals surface area (Å²) in [6.07, 6.45) is 1.33. The minimum absolute atomic E-state index is 0.271. The van der Waals surface area contributed by atoms with Crippen molar-refractivity contribution >= 4 is 5.69 Å². The SMILES string of the molecule is N#Cc1cc(F)ccc1NCCCc1n[nH]c(=O)[nH]1. The quantitative estimate of drug-likeness (QED) is 0.703. The van der Waals surface area contributed by atoms with Gasteiger partial charge in [-0.2, -0.15) is 10.4 Å². The molecule has 0 spiro atoms. The summed E-state index contributed by atoms with van der Waals surface area (Å²) in [7, 11) is 0. The summed E-state index contributed by atoms with van der Waals surface area (Å²) < 4.78 is 12.9. The Morgan fingerprint density at radius 1 is 1.47 bits per heavy atom. The highest BCUT2D eigenvalue weighted by atomic mass is 19.1. The number of rotatable bonds is 5. The van der Waals surface area contributed by atoms with Crippen LogP contribution in [0.15, 0.2) is 23.0 Å². The van der Waals surface area contributed by atoms with Crippen molar-refractivity contribution in [3.63, 3.8) is 0 Å². The molecule has 98 valence electrons. The highest BCUT2D eigenvalue weighted by molar-refractivity contribution is 5.57. The predicted octanol–water partition coefficient (Wildman–Crippen LogP) is 1.15. The molecule has 0 atom stereocenters. The first-order valence-electron chi connectivity index (χ1n) is 5.76. The zero-order chi connectivity index (χ0) is 13.7. The fourth-order valence-corrected chi connectivity index (χ4v) is 1.67. The van der Waals surface area contributed by atoms with Gasteiger partial charge in [-0.1, -0.05) is 0 Å². The van der Waals surface area contributed by atoms with Gasteiger partial charge >= 0.3 is 5.69 Å². The fourth-order valence-electron chi connectivity index (χ4n) is 1.67. The summed E-state index contributed by atoms with van der Waals surface area (Å²) in [5.74, 6) is 0.155. The Balaban J connectivity index is 1.86. The van der Waals surface area contributed by atoms with E-state index in [1.165, 1.54) is 18.2 Å². The highest BCUT2D eigenvalue weighted by Gasteiger charge is 2.03. The normalized spacial score (nSPS) is 10.1. The summed E-state index contributed by atoms with van der Waals surface area (Å²) in [6.45, 7) is 0.592. The third kappa shape index (κ3) is 3.42. The molecule has 0 saturated carbocycles. The van der Waals surface area contributed by atoms with Crippen molar-refractivity contribution in [1.29, 1.82) is 5.26 Å². The van der Waals surface area contributed by atoms with Gasteiger partial charge in [0.1, 0.15) is 17.7 Å². The molecule has 0 radical (unpaired) electrons. The van der Waals surface area contributed by atoms with Crippen LogP contribution in [0.4, 0.5) is 10.1 Å². The van der Waals surface area contributed by atoms with E-state index in [-0.39, 0.29) is 11.3 Å². The van der Waals surface area contributed by atoms with Crippen molar-refractivity contribution in [1.82, 2.24) is 15.2 Å². The van der Waals surface area contributed by atoms with E-state index in [0.29, 0.717) is 24.5 Å². The average Bonchev–Trinajstić information content (AvgIpc) is 2.81. The second-order valence-corrected chi connectivity index (χ2v) is 3.96. The number of nitrogens with one attached hydrogen (secondary N) is 3. The van der Waals surface area contributed by atoms with Crippen LogP contribution in [-0.4, -0.2) is 21.7 Å². The zero-order valence-electron chi connectivity index (χ0n) is 10.0. The fraction of sp³-hybridized carbons (Fsp3) is 0.250. The maximum Gasteiger partial charge on any atom is 0.340 e. The van der Waals surface area contributed by atoms with Crippen LogP contribution in [0.25, 0.3) is 0 Å². The topological polar surface area (TPSA) is 97.4 Å². The summed E-state index contributed by atoms with van der Waals surface area (Å²) in [4.78, 5) is 13.4. The summed E-state index contributed by atoms with van der Waals surface area (Å²) >= 11 is 0. The van der Waals surface area contributed by atoms with Gasteiger partial charge in [-0.15, -0.1) is 0 Å². The molecule has 1 heterocycles. The molecule has 19 heavy (non-hydrogen) atoms. The summed E-state index contributed by atoms with van der Waals surface area (Å²) in [6, 6.07) is 5.95. The van der Waals surface area contributed by atoms with Gasteiger partial charge in [-0.25, -0.2) is 14.3 Å². The van der Waals surface area contributed by atoms with Gasteiger partial charge in [0.05, 0.1) is 11.3 Å². The Morgan fingerprint density at radius 3 is 3.00 bits per heavy atom. The third-order valence-corrected chi connectivity index (χ3v) is 2.56. The second kappa shape index (κ2) is 5.82. The maximum atomic E-state index is 12.9. The van der Waals surface area contributed by atoms with Gasteiger partial charge in [0.25, 0.3) is 0 Å². The minimum Gasteiger partial charge on any atom is -0.384 e. The predicted molar refractivity (Wildman–Crippen MR) is 67.1 cm³/mol. The van der Waals surface area contributed by atoms with Crippen molar-refractivity contribution in [2.75, 3.05) is 11.9 Å². The van der Waals surface area contributed by atoms with Gasteiger partial charge in [0.2, 0.25) is 0 Å². The molecule has 0 saturated heterocycles. The standard InChI is InChI=1S/C12H12FN5O/c13-9-3-4-10(8(6-9)7-14)15-5-1-2-11-16-12(19)18-17-11/h3-4,6,15H,1-2,5H2,(H2,16,17,18,19). The first kappa shape index (κ1) is 12.8. The molecule has 0 bridgehead atoms. The number of aryl methyl sites for hydroxylation is 1. The molecule has 0 aliphatic rings. The number of H-pyrrole nitrogens is 2. The first-order valence-corrected chi connectivity index (χ1v) is 5.76. The van der Waals surface area contributed by atoms with Crippen LogP contribution in [-0.2, 0) is 6.42 Å². The molecule has 0 unspecified atom stereocenters. The van der Waals surface area contributed by atoms with E-state index in [0.717, 1.165) is 6.42 Å². The molecule has 0 amide bonds. The Kier molecular flexibility index (Phi) is 3.93. The third-order valence-electron chi connectivity index (χ3n) is 2.56. The number of hydrogen-bond acceptors (Lipinski definition) is 4. The van der Waals surface area contributed by atoms with Gasteiger partial charge in [0, 0.05) is 13.0 Å². The van der Waals surface area contributed by atoms with Gasteiger partial charge in [-0.05, 0) is 24.6 Å². The highest BCUT2D eigenvalue weighted by Crippen LogP contribution is 2.15. The molecule has 3 N–H and O–H groups in total. The van der Waals surface area contributed by atoms with E-state index in [2.05, 4.69) is 20.5 Å². The first-order chi connectivity index (χ1) is 9.19. The Hall–Kier alpha value is -2.62. The van der Waals surface area contributed by atoms with E-state index < -0.39 is 5.82 Å². The van der Waals surface area contributed by atoms with E-state index in [1.54, 1.807) is 0 Å². The smallest absolute Gasteiger partial charge is 0.340 e. The average molecular weight is 261 g/mol. The number of nitrogens with zero attached hydrogens (tertiary/aromatic N) is 2. The Labute approximate surface area is 108 Å². The van der Waals surface area contributed by atoms with E-state index in [1.807, 2.05) is 6.07 Å². The number of benzene rings is 1. The lowest BCUT2D eigenvalue weighted by molar-refractivity contribution is 0.627. The van der Waals surface area contributed by atoms with Crippen molar-refractivity contribution in [3.8, 4) is 6.07 Å². The van der Waals surface area contributed by atoms with E-state index in [9.17, 15) is 9.18 Å². The molecular formula is C12H12FN5O. The van der Waals surface area contributed by atoms with Crippen LogP contribution in [0.5, 0.6) is 0 Å². The summed E-state index contributed by atoms with van der Waals surface area (Å²) in [5.41, 5.74) is 0.542. The number of aromatic nitrogens is 3. The van der Waals surface area contributed by atoms with Crippen LogP contribution in [0, 0.1) is 17.1 Å². The number of halogens is 1. The van der Waals surface area contributed by atoms with Crippen LogP contribution in [0.2, 0.25) is 0 Å². The molecule has 6 nitrogen and oxygen atoms in total. The molecule has 0 aliphatic carbocycles. The summed E-state index contributed by atoms with van der Waals surface area (Å²) in [5, 5.41) is 18.0. The number of anilines is 1. The van der Waals surface area contributed by atoms with Crippen molar-refractivity contribution in [2.45, 2.75) is 12.8 Å². The van der Waals surface area contributed by atoms with E-state index >= 15 is 0 Å². The molecule has 0 fully saturated rings. The second-order valence-electron chi connectivity index (χ2n) is 3.96. The Bertz CT molecular complexity index is 655. The molecule has 7 heteroatoms. The van der Waals surface area contributed by atoms with Crippen LogP contribution in [0.3, 0.4) is 0 Å². The van der Waals surface area contributed by atoms with E-state index in [4.69, 9.17) is 5.26 Å². The molecular weight excluding hydrogens is 249 g/mol. The van der Waals surface area contributed by atoms with Crippen molar-refractivity contribution in [2.24, 2.45) is 0 Å². The molecule has 1 aromatic heterocycles. The lowest BCUT2D eigenvalue weighted by atomic mass is 10.2. The van der Waals surface area contributed by atoms with Crippen LogP contribution >= 0.6 is 0 Å². The maximum absolute atomic E-state index is 12.9. The van der Waals surface area contributed by atoms with Crippen molar-refractivity contribution < 1.29 is 4.39 Å². The number of nitriles is 1. The lowest BCUT2D eigenvalue weighted by Gasteiger charge is -2.07. The monoisotopic (exact) mass is 261 g/mol. The molecule has 1 aromatic carbocycles. The van der Waals surface area contributed by atoms with Crippen LogP contribution in [0.1, 0.15) is 17.8 Å². The number of hydrogen-bond donors (Lipinski definition) is 3. The number of aromatic amines is 2. The van der Waals surface area contributed by atoms with Gasteiger partial charge in [-0.3, -0.25) is 4.98 Å². The lowest BCUT2D eigenvalue weighted by Crippen LogP contribution is -2.06. The van der Waals surface area contributed by atoms with Gasteiger partial charge < -0.3 is 5.32 Å². The van der Waals surface area contributed by atoms with Crippen molar-refractivity contribution in [3.05, 3.63) is 45.9 Å². The largest absolute Gasteiger partial charge is 0.384 e. The molecule has 0 aliphatic heterocycles. The molecule has 2 aromatic rings.